The summed E-state index contributed by atoms with van der Waals surface area (Å²) in [6, 6.07) is 3.23. The third-order valence-electron chi connectivity index (χ3n) is 6.74. The van der Waals surface area contributed by atoms with Crippen LogP contribution in [0.4, 0.5) is 4.39 Å². The lowest BCUT2D eigenvalue weighted by molar-refractivity contribution is 0.237. The number of likely N-dealkylation sites (tertiary alicyclic amines) is 1. The molecule has 1 aromatic heterocycles. The summed E-state index contributed by atoms with van der Waals surface area (Å²) in [5.41, 5.74) is 2.53. The van der Waals surface area contributed by atoms with Gasteiger partial charge in [0.1, 0.15) is 0 Å². The molecule has 1 N–H and O–H groups in total. The van der Waals surface area contributed by atoms with Crippen LogP contribution in [0.1, 0.15) is 56.5 Å². The smallest absolute Gasteiger partial charge is 0.0934 e. The average molecular weight is 349 g/mol. The first-order valence-electron chi connectivity index (χ1n) is 10.2. The monoisotopic (exact) mass is 348 g/mol. The minimum atomic E-state index is -0.214. The molecule has 0 bridgehead atoms. The van der Waals surface area contributed by atoms with Gasteiger partial charge >= 0.3 is 0 Å². The van der Waals surface area contributed by atoms with Gasteiger partial charge in [0, 0.05) is 31.6 Å². The minimum Gasteiger partial charge on any atom is -0.313 e. The van der Waals surface area contributed by atoms with Crippen LogP contribution in [0.15, 0.2) is 6.07 Å². The van der Waals surface area contributed by atoms with Gasteiger partial charge in [0.15, 0.2) is 0 Å². The number of hydrogen-bond acceptors (Lipinski definition) is 3. The van der Waals surface area contributed by atoms with E-state index >= 15 is 0 Å². The molecular weight excluding hydrogens is 315 g/mol. The lowest BCUT2D eigenvalue weighted by Gasteiger charge is -2.27. The van der Waals surface area contributed by atoms with Crippen LogP contribution in [-0.2, 0) is 6.54 Å². The van der Waals surface area contributed by atoms with Crippen LogP contribution >= 0.6 is 0 Å². The Morgan fingerprint density at radius 3 is 2.84 bits per heavy atom. The zero-order valence-corrected chi connectivity index (χ0v) is 15.8. The van der Waals surface area contributed by atoms with Crippen molar-refractivity contribution in [1.82, 2.24) is 20.0 Å². The van der Waals surface area contributed by atoms with Crippen LogP contribution in [0.5, 0.6) is 0 Å². The van der Waals surface area contributed by atoms with E-state index in [2.05, 4.69) is 27.9 Å². The zero-order chi connectivity index (χ0) is 17.4. The molecular formula is C20H33FN4. The topological polar surface area (TPSA) is 33.1 Å². The summed E-state index contributed by atoms with van der Waals surface area (Å²) >= 11 is 0. The van der Waals surface area contributed by atoms with Gasteiger partial charge in [-0.3, -0.25) is 14.0 Å². The predicted molar refractivity (Wildman–Crippen MR) is 98.3 cm³/mol. The molecule has 3 fully saturated rings. The summed E-state index contributed by atoms with van der Waals surface area (Å²) in [7, 11) is 0. The van der Waals surface area contributed by atoms with E-state index in [9.17, 15) is 4.39 Å². The van der Waals surface area contributed by atoms with Crippen molar-refractivity contribution in [2.45, 2.75) is 64.6 Å². The average Bonchev–Trinajstić information content (AvgIpc) is 3.29. The number of rotatable bonds is 5. The van der Waals surface area contributed by atoms with Gasteiger partial charge in [-0.15, -0.1) is 0 Å². The Kier molecular flexibility index (Phi) is 5.14. The van der Waals surface area contributed by atoms with Crippen molar-refractivity contribution in [2.75, 3.05) is 26.3 Å². The third-order valence-corrected chi connectivity index (χ3v) is 6.74. The van der Waals surface area contributed by atoms with E-state index in [1.54, 1.807) is 0 Å². The van der Waals surface area contributed by atoms with Gasteiger partial charge in [-0.1, -0.05) is 26.2 Å². The summed E-state index contributed by atoms with van der Waals surface area (Å²) < 4.78 is 15.5. The molecule has 2 aliphatic heterocycles. The number of nitrogens with zero attached hydrogens (tertiary/aromatic N) is 3. The van der Waals surface area contributed by atoms with E-state index < -0.39 is 0 Å². The first-order chi connectivity index (χ1) is 12.2. The van der Waals surface area contributed by atoms with Crippen molar-refractivity contribution < 1.29 is 4.39 Å². The Morgan fingerprint density at radius 2 is 2.08 bits per heavy atom. The second-order valence-corrected chi connectivity index (χ2v) is 8.70. The molecule has 1 saturated carbocycles. The Bertz CT molecular complexity index is 580. The van der Waals surface area contributed by atoms with Crippen LogP contribution in [0, 0.1) is 24.7 Å². The second kappa shape index (κ2) is 7.36. The maximum absolute atomic E-state index is 13.1. The second-order valence-electron chi connectivity index (χ2n) is 8.70. The quantitative estimate of drug-likeness (QED) is 0.886. The fourth-order valence-electron chi connectivity index (χ4n) is 5.46. The standard InChI is InChI=1S/C20H33FN4/c1-14(9-21)20-19-13-24(11-16(19)10-22-20)12-18-8-15(2)23-25(18)17-6-4-3-5-7-17/h8,14,16-17,19-20,22H,3-7,9-13H2,1-2H3. The summed E-state index contributed by atoms with van der Waals surface area (Å²) in [6.07, 6.45) is 6.61. The largest absolute Gasteiger partial charge is 0.313 e. The number of nitrogens with one attached hydrogen (secondary N) is 1. The Labute approximate surface area is 151 Å². The van der Waals surface area contributed by atoms with E-state index in [1.807, 2.05) is 6.92 Å². The zero-order valence-electron chi connectivity index (χ0n) is 15.8. The van der Waals surface area contributed by atoms with Gasteiger partial charge in [-0.05, 0) is 44.2 Å². The van der Waals surface area contributed by atoms with Crippen LogP contribution in [0.3, 0.4) is 0 Å². The van der Waals surface area contributed by atoms with Gasteiger partial charge < -0.3 is 5.32 Å². The molecule has 1 aromatic rings. The molecule has 5 heteroatoms. The van der Waals surface area contributed by atoms with Crippen molar-refractivity contribution in [3.63, 3.8) is 0 Å². The van der Waals surface area contributed by atoms with Crippen molar-refractivity contribution in [2.24, 2.45) is 17.8 Å². The summed E-state index contributed by atoms with van der Waals surface area (Å²) in [6.45, 7) is 8.24. The molecule has 140 valence electrons. The molecule has 0 aromatic carbocycles. The first kappa shape index (κ1) is 17.5. The molecule has 1 aliphatic carbocycles. The van der Waals surface area contributed by atoms with Crippen molar-refractivity contribution >= 4 is 0 Å². The van der Waals surface area contributed by atoms with Gasteiger partial charge in [0.2, 0.25) is 0 Å². The maximum Gasteiger partial charge on any atom is 0.0934 e. The van der Waals surface area contributed by atoms with Crippen molar-refractivity contribution in [1.29, 1.82) is 0 Å². The highest BCUT2D eigenvalue weighted by atomic mass is 19.1. The first-order valence-corrected chi connectivity index (χ1v) is 10.2. The Hall–Kier alpha value is -0.940. The van der Waals surface area contributed by atoms with Crippen LogP contribution < -0.4 is 5.32 Å². The molecule has 4 nitrogen and oxygen atoms in total. The van der Waals surface area contributed by atoms with Crippen LogP contribution in [-0.4, -0.2) is 47.0 Å². The number of halogens is 1. The maximum atomic E-state index is 13.1. The van der Waals surface area contributed by atoms with Gasteiger partial charge in [-0.2, -0.15) is 5.10 Å². The molecule has 4 rings (SSSR count). The number of alkyl halides is 1. The molecule has 4 atom stereocenters. The number of hydrogen-bond donors (Lipinski definition) is 1. The molecule has 3 aliphatic rings. The van der Waals surface area contributed by atoms with Crippen LogP contribution in [0.25, 0.3) is 0 Å². The fourth-order valence-corrected chi connectivity index (χ4v) is 5.46. The van der Waals surface area contributed by atoms with E-state index in [4.69, 9.17) is 5.10 Å². The number of aryl methyl sites for hydroxylation is 1. The number of fused-ring (bicyclic) bond motifs is 1. The van der Waals surface area contributed by atoms with E-state index in [0.29, 0.717) is 23.9 Å². The van der Waals surface area contributed by atoms with Gasteiger partial charge in [-0.25, -0.2) is 0 Å². The Morgan fingerprint density at radius 1 is 1.28 bits per heavy atom. The fraction of sp³-hybridized carbons (Fsp3) is 0.850. The molecule has 25 heavy (non-hydrogen) atoms. The third kappa shape index (κ3) is 3.50. The predicted octanol–water partition coefficient (Wildman–Crippen LogP) is 3.32. The van der Waals surface area contributed by atoms with Crippen LogP contribution in [0.2, 0.25) is 0 Å². The molecule has 3 heterocycles. The molecule has 4 unspecified atom stereocenters. The van der Waals surface area contributed by atoms with E-state index in [1.165, 1.54) is 37.8 Å². The highest BCUT2D eigenvalue weighted by Crippen LogP contribution is 2.35. The molecule has 0 radical (unpaired) electrons. The van der Waals surface area contributed by atoms with E-state index in [0.717, 1.165) is 31.9 Å². The lowest BCUT2D eigenvalue weighted by Crippen LogP contribution is -2.38. The summed E-state index contributed by atoms with van der Waals surface area (Å²) in [5, 5.41) is 8.41. The van der Waals surface area contributed by atoms with Gasteiger partial charge in [0.25, 0.3) is 0 Å². The molecule has 0 amide bonds. The van der Waals surface area contributed by atoms with Gasteiger partial charge in [0.05, 0.1) is 24.1 Å². The summed E-state index contributed by atoms with van der Waals surface area (Å²) in [4.78, 5) is 2.59. The highest BCUT2D eigenvalue weighted by Gasteiger charge is 2.44. The van der Waals surface area contributed by atoms with Crippen molar-refractivity contribution in [3.8, 4) is 0 Å². The minimum absolute atomic E-state index is 0.130. The number of aromatic nitrogens is 2. The Balaban J connectivity index is 1.43. The molecule has 0 spiro atoms. The summed E-state index contributed by atoms with van der Waals surface area (Å²) in [5.74, 6) is 1.43. The molecule has 2 saturated heterocycles. The highest BCUT2D eigenvalue weighted by molar-refractivity contribution is 5.11. The van der Waals surface area contributed by atoms with Crippen molar-refractivity contribution in [3.05, 3.63) is 17.5 Å². The lowest BCUT2D eigenvalue weighted by atomic mass is 9.87. The van der Waals surface area contributed by atoms with E-state index in [-0.39, 0.29) is 12.6 Å². The SMILES string of the molecule is Cc1cc(CN2CC3CNC(C(C)CF)C3C2)n(C2CCCCC2)n1. The normalized spacial score (nSPS) is 32.2.